The fraction of sp³-hybridized carbons (Fsp3) is 0.591. The van der Waals surface area contributed by atoms with Crippen molar-refractivity contribution in [2.45, 2.75) is 64.0 Å². The number of hydrogen-bond donors (Lipinski definition) is 0. The van der Waals surface area contributed by atoms with Crippen molar-refractivity contribution in [3.05, 3.63) is 53.1 Å². The number of nitrogens with zero attached hydrogens (tertiary/aromatic N) is 2. The summed E-state index contributed by atoms with van der Waals surface area (Å²) < 4.78 is 2.54. The monoisotopic (exact) mass is 388 g/mol. The van der Waals surface area contributed by atoms with Crippen LogP contribution >= 0.6 is 23.5 Å². The van der Waals surface area contributed by atoms with E-state index in [0.29, 0.717) is 4.08 Å². The van der Waals surface area contributed by atoms with Gasteiger partial charge in [0.05, 0.1) is 10.4 Å². The van der Waals surface area contributed by atoms with Crippen LogP contribution in [0.4, 0.5) is 0 Å². The van der Waals surface area contributed by atoms with Crippen LogP contribution in [0.5, 0.6) is 0 Å². The van der Waals surface area contributed by atoms with E-state index in [1.165, 1.54) is 53.9 Å². The summed E-state index contributed by atoms with van der Waals surface area (Å²) in [6.07, 6.45) is 10.9. The summed E-state index contributed by atoms with van der Waals surface area (Å²) >= 11 is 4.47. The highest BCUT2D eigenvalue weighted by Crippen LogP contribution is 2.50. The van der Waals surface area contributed by atoms with Gasteiger partial charge in [-0.05, 0) is 74.1 Å². The van der Waals surface area contributed by atoms with E-state index in [1.807, 2.05) is 12.5 Å². The minimum Gasteiger partial charge on any atom is -0.337 e. The first kappa shape index (κ1) is 19.9. The zero-order chi connectivity index (χ0) is 18.6. The van der Waals surface area contributed by atoms with Crippen LogP contribution in [-0.4, -0.2) is 25.1 Å². The Morgan fingerprint density at radius 2 is 1.85 bits per heavy atom. The van der Waals surface area contributed by atoms with Gasteiger partial charge in [-0.25, -0.2) is 4.98 Å². The summed E-state index contributed by atoms with van der Waals surface area (Å²) in [6, 6.07) is 4.71. The third-order valence-corrected chi connectivity index (χ3v) is 9.29. The van der Waals surface area contributed by atoms with Crippen LogP contribution < -0.4 is 0 Å². The minimum atomic E-state index is 0.330. The summed E-state index contributed by atoms with van der Waals surface area (Å²) in [7, 11) is 0. The van der Waals surface area contributed by atoms with E-state index in [0.717, 1.165) is 12.5 Å². The molecule has 1 aromatic carbocycles. The first-order valence-corrected chi connectivity index (χ1v) is 11.8. The number of benzene rings is 1. The predicted octanol–water partition coefficient (Wildman–Crippen LogP) is 6.03. The number of imidazole rings is 1. The van der Waals surface area contributed by atoms with Crippen LogP contribution in [0.3, 0.4) is 0 Å². The average Bonchev–Trinajstić information content (AvgIpc) is 3.12. The summed E-state index contributed by atoms with van der Waals surface area (Å²) in [5, 5.41) is 0. The molecule has 2 aromatic rings. The van der Waals surface area contributed by atoms with E-state index in [2.05, 4.69) is 79.1 Å². The molecule has 2 heterocycles. The molecule has 0 radical (unpaired) electrons. The summed E-state index contributed by atoms with van der Waals surface area (Å²) in [5.74, 6) is 3.52. The zero-order valence-electron chi connectivity index (χ0n) is 16.6. The minimum absolute atomic E-state index is 0.330. The highest BCUT2D eigenvalue weighted by atomic mass is 32.2. The molecule has 4 heteroatoms. The molecule has 3 rings (SSSR count). The Labute approximate surface area is 167 Å². The van der Waals surface area contributed by atoms with E-state index in [9.17, 15) is 0 Å². The molecular formula is C22H32N2S2. The number of aryl methyl sites for hydroxylation is 4. The lowest BCUT2D eigenvalue weighted by molar-refractivity contribution is 0.563. The Bertz CT molecular complexity index is 678. The highest BCUT2D eigenvalue weighted by molar-refractivity contribution is 8.18. The van der Waals surface area contributed by atoms with Crippen molar-refractivity contribution in [2.75, 3.05) is 11.5 Å². The average molecular weight is 389 g/mol. The maximum absolute atomic E-state index is 4.18. The second-order valence-electron chi connectivity index (χ2n) is 7.77. The van der Waals surface area contributed by atoms with Crippen LogP contribution in [0, 0.1) is 26.7 Å². The number of aromatic nitrogens is 2. The lowest BCUT2D eigenvalue weighted by Gasteiger charge is -2.40. The Morgan fingerprint density at radius 1 is 1.15 bits per heavy atom. The van der Waals surface area contributed by atoms with E-state index in [-0.39, 0.29) is 0 Å². The van der Waals surface area contributed by atoms with Crippen molar-refractivity contribution >= 4 is 23.5 Å². The van der Waals surface area contributed by atoms with Crippen molar-refractivity contribution < 1.29 is 0 Å². The van der Waals surface area contributed by atoms with E-state index >= 15 is 0 Å². The number of thioether (sulfide) groups is 2. The fourth-order valence-corrected chi connectivity index (χ4v) is 7.65. The second kappa shape index (κ2) is 8.88. The quantitative estimate of drug-likeness (QED) is 0.576. The van der Waals surface area contributed by atoms with Crippen molar-refractivity contribution in [1.82, 2.24) is 9.55 Å². The molecule has 26 heavy (non-hydrogen) atoms. The topological polar surface area (TPSA) is 17.8 Å². The molecule has 0 bridgehead atoms. The largest absolute Gasteiger partial charge is 0.337 e. The van der Waals surface area contributed by atoms with Gasteiger partial charge < -0.3 is 4.57 Å². The second-order valence-corrected chi connectivity index (χ2v) is 10.8. The predicted molar refractivity (Wildman–Crippen MR) is 117 cm³/mol. The van der Waals surface area contributed by atoms with Gasteiger partial charge in [-0.15, -0.1) is 23.5 Å². The van der Waals surface area contributed by atoms with Crippen LogP contribution in [0.2, 0.25) is 0 Å². The zero-order valence-corrected chi connectivity index (χ0v) is 18.3. The number of rotatable bonds is 7. The Balaban J connectivity index is 1.74. The van der Waals surface area contributed by atoms with Crippen LogP contribution in [0.25, 0.3) is 0 Å². The molecule has 0 saturated carbocycles. The van der Waals surface area contributed by atoms with Crippen LogP contribution in [0.15, 0.2) is 30.9 Å². The lowest BCUT2D eigenvalue weighted by atomic mass is 9.94. The Morgan fingerprint density at radius 3 is 2.42 bits per heavy atom. The molecule has 0 aliphatic carbocycles. The van der Waals surface area contributed by atoms with Crippen LogP contribution in [-0.2, 0) is 13.0 Å². The number of hydrogen-bond acceptors (Lipinski definition) is 3. The van der Waals surface area contributed by atoms with Gasteiger partial charge in [0.2, 0.25) is 0 Å². The van der Waals surface area contributed by atoms with E-state index in [4.69, 9.17) is 0 Å². The third-order valence-electron chi connectivity index (χ3n) is 5.56. The smallest absolute Gasteiger partial charge is 0.0945 e. The summed E-state index contributed by atoms with van der Waals surface area (Å²) in [5.41, 5.74) is 5.90. The molecule has 0 atom stereocenters. The van der Waals surface area contributed by atoms with Gasteiger partial charge in [-0.2, -0.15) is 0 Å². The van der Waals surface area contributed by atoms with E-state index in [1.54, 1.807) is 5.56 Å². The van der Waals surface area contributed by atoms with Crippen molar-refractivity contribution in [3.63, 3.8) is 0 Å². The Kier molecular flexibility index (Phi) is 6.79. The molecule has 1 aliphatic rings. The van der Waals surface area contributed by atoms with E-state index < -0.39 is 0 Å². The Hall–Kier alpha value is -0.870. The lowest BCUT2D eigenvalue weighted by Crippen LogP contribution is -2.32. The normalized spacial score (nSPS) is 23.3. The first-order chi connectivity index (χ1) is 12.5. The highest BCUT2D eigenvalue weighted by Gasteiger charge is 2.36. The molecule has 0 unspecified atom stereocenters. The van der Waals surface area contributed by atoms with Gasteiger partial charge in [0, 0.05) is 18.9 Å². The molecule has 1 saturated heterocycles. The third kappa shape index (κ3) is 4.89. The maximum Gasteiger partial charge on any atom is 0.0945 e. The van der Waals surface area contributed by atoms with Crippen molar-refractivity contribution in [2.24, 2.45) is 5.92 Å². The van der Waals surface area contributed by atoms with Gasteiger partial charge in [-0.1, -0.05) is 31.0 Å². The van der Waals surface area contributed by atoms with Crippen molar-refractivity contribution in [3.8, 4) is 0 Å². The van der Waals surface area contributed by atoms with Gasteiger partial charge in [0.15, 0.2) is 0 Å². The summed E-state index contributed by atoms with van der Waals surface area (Å²) in [4.78, 5) is 4.18. The molecular weight excluding hydrogens is 356 g/mol. The molecule has 142 valence electrons. The molecule has 1 aromatic heterocycles. The van der Waals surface area contributed by atoms with Gasteiger partial charge in [0.1, 0.15) is 0 Å². The maximum atomic E-state index is 4.18. The summed E-state index contributed by atoms with van der Waals surface area (Å²) in [6.45, 7) is 10.2. The molecule has 0 N–H and O–H groups in total. The molecule has 0 amide bonds. The van der Waals surface area contributed by atoms with Gasteiger partial charge in [0.25, 0.3) is 0 Å². The van der Waals surface area contributed by atoms with Crippen LogP contribution in [0.1, 0.15) is 48.4 Å². The van der Waals surface area contributed by atoms with Gasteiger partial charge >= 0.3 is 0 Å². The molecule has 1 fully saturated rings. The SMILES string of the molecule is CCC1CSC(CCCn2ccnc2)(Cc2c(C)cc(C)cc2C)SC1. The molecule has 1 aliphatic heterocycles. The first-order valence-electron chi connectivity index (χ1n) is 9.82. The van der Waals surface area contributed by atoms with Gasteiger partial charge in [-0.3, -0.25) is 0 Å². The molecule has 2 nitrogen and oxygen atoms in total. The van der Waals surface area contributed by atoms with Crippen molar-refractivity contribution in [1.29, 1.82) is 0 Å². The fourth-order valence-electron chi connectivity index (χ4n) is 3.91. The molecule has 0 spiro atoms. The standard InChI is InChI=1S/C22H32N2S2/c1-5-20-14-25-22(26-15-20,7-6-9-24-10-8-23-16-24)13-21-18(3)11-17(2)12-19(21)4/h8,10-12,16,20H,5-7,9,13-15H2,1-4H3.